The molecule has 8 nitrogen and oxygen atoms in total. The van der Waals surface area contributed by atoms with Crippen molar-refractivity contribution < 1.29 is 33.4 Å². The summed E-state index contributed by atoms with van der Waals surface area (Å²) in [7, 11) is 3.23. The lowest BCUT2D eigenvalue weighted by Gasteiger charge is -2.22. The number of likely N-dealkylation sites (tertiary alicyclic amines) is 1. The quantitative estimate of drug-likeness (QED) is 0.288. The summed E-state index contributed by atoms with van der Waals surface area (Å²) >= 11 is 0. The Morgan fingerprint density at radius 1 is 0.906 bits per heavy atom. The summed E-state index contributed by atoms with van der Waals surface area (Å²) in [5.41, 5.74) is 0. The van der Waals surface area contributed by atoms with Crippen molar-refractivity contribution in [2.24, 2.45) is 0 Å². The normalized spacial score (nSPS) is 13.4. The number of hydrogen-bond donors (Lipinski definition) is 0. The summed E-state index contributed by atoms with van der Waals surface area (Å²) in [5.74, 6) is 0.285. The number of nitrogens with zero attached hydrogens (tertiary/aromatic N) is 1. The van der Waals surface area contributed by atoms with Crippen molar-refractivity contribution in [2.45, 2.75) is 91.5 Å². The van der Waals surface area contributed by atoms with E-state index in [1.807, 2.05) is 4.90 Å². The van der Waals surface area contributed by atoms with Crippen LogP contribution in [0.2, 0.25) is 0 Å². The van der Waals surface area contributed by atoms with Crippen molar-refractivity contribution in [3.05, 3.63) is 0 Å². The van der Waals surface area contributed by atoms with Crippen molar-refractivity contribution in [2.75, 3.05) is 40.6 Å². The van der Waals surface area contributed by atoms with Gasteiger partial charge >= 0.3 is 5.97 Å². The van der Waals surface area contributed by atoms with Gasteiger partial charge in [0, 0.05) is 52.7 Å². The van der Waals surface area contributed by atoms with E-state index in [4.69, 9.17) is 9.47 Å². The van der Waals surface area contributed by atoms with Crippen molar-refractivity contribution in [1.82, 2.24) is 4.90 Å². The van der Waals surface area contributed by atoms with E-state index >= 15 is 0 Å². The van der Waals surface area contributed by atoms with E-state index in [1.54, 1.807) is 14.0 Å². The van der Waals surface area contributed by atoms with Gasteiger partial charge in [-0.05, 0) is 46.5 Å². The molecule has 0 bridgehead atoms. The monoisotopic (exact) mass is 459 g/mol. The molecule has 1 heterocycles. The molecule has 1 aliphatic rings. The number of carbonyl (C=O) groups is 4. The molecule has 1 amide bonds. The van der Waals surface area contributed by atoms with Crippen LogP contribution in [0, 0.1) is 0 Å². The number of ether oxygens (including phenoxy) is 3. The molecule has 8 heteroatoms. The molecule has 0 aromatic rings. The van der Waals surface area contributed by atoms with Crippen LogP contribution in [0.1, 0.15) is 85.5 Å². The van der Waals surface area contributed by atoms with Crippen molar-refractivity contribution >= 4 is 23.4 Å². The maximum atomic E-state index is 11.1. The van der Waals surface area contributed by atoms with Crippen molar-refractivity contribution in [3.8, 4) is 0 Å². The number of amides is 1. The van der Waals surface area contributed by atoms with Crippen LogP contribution in [-0.4, -0.2) is 75.0 Å². The predicted molar refractivity (Wildman–Crippen MR) is 124 cm³/mol. The van der Waals surface area contributed by atoms with Gasteiger partial charge in [0.1, 0.15) is 18.2 Å². The van der Waals surface area contributed by atoms with Crippen LogP contribution < -0.4 is 0 Å². The average molecular weight is 460 g/mol. The number of rotatable bonds is 14. The Hall–Kier alpha value is -1.80. The second-order valence-corrected chi connectivity index (χ2v) is 7.87. The van der Waals surface area contributed by atoms with Crippen LogP contribution in [0.15, 0.2) is 0 Å². The van der Waals surface area contributed by atoms with Crippen LogP contribution in [0.4, 0.5) is 0 Å². The fourth-order valence-electron chi connectivity index (χ4n) is 2.74. The summed E-state index contributed by atoms with van der Waals surface area (Å²) in [4.78, 5) is 44.8. The molecule has 0 aromatic heterocycles. The van der Waals surface area contributed by atoms with Gasteiger partial charge in [-0.3, -0.25) is 9.59 Å². The largest absolute Gasteiger partial charge is 0.463 e. The molecule has 0 aromatic carbocycles. The highest BCUT2D eigenvalue weighted by molar-refractivity contribution is 5.81. The summed E-state index contributed by atoms with van der Waals surface area (Å²) in [6.07, 6.45) is 7.24. The van der Waals surface area contributed by atoms with E-state index < -0.39 is 0 Å². The first kappa shape index (κ1) is 32.4. The Bertz CT molecular complexity index is 522. The summed E-state index contributed by atoms with van der Waals surface area (Å²) in [6, 6.07) is 0.454. The Balaban J connectivity index is 0. The lowest BCUT2D eigenvalue weighted by atomic mass is 10.1. The van der Waals surface area contributed by atoms with Gasteiger partial charge in [-0.15, -0.1) is 0 Å². The van der Waals surface area contributed by atoms with Gasteiger partial charge in [0.25, 0.3) is 0 Å². The zero-order valence-corrected chi connectivity index (χ0v) is 21.1. The molecule has 0 saturated carbocycles. The summed E-state index contributed by atoms with van der Waals surface area (Å²) < 4.78 is 14.3. The first-order chi connectivity index (χ1) is 15.2. The van der Waals surface area contributed by atoms with Crippen LogP contribution in [0.5, 0.6) is 0 Å². The highest BCUT2D eigenvalue weighted by Gasteiger charge is 2.23. The number of methoxy groups -OCH3 is 2. The van der Waals surface area contributed by atoms with Gasteiger partial charge in [-0.25, -0.2) is 0 Å². The van der Waals surface area contributed by atoms with Crippen LogP contribution in [-0.2, 0) is 33.4 Å². The van der Waals surface area contributed by atoms with Crippen molar-refractivity contribution in [1.29, 1.82) is 0 Å². The van der Waals surface area contributed by atoms with Crippen LogP contribution >= 0.6 is 0 Å². The van der Waals surface area contributed by atoms with Gasteiger partial charge < -0.3 is 28.7 Å². The van der Waals surface area contributed by atoms with E-state index in [1.165, 1.54) is 14.0 Å². The number of esters is 1. The molecule has 0 spiro atoms. The number of Topliss-reactive ketones (excluding diaryl/α,β-unsaturated/α-hetero) is 2. The number of carbonyl (C=O) groups excluding carboxylic acids is 4. The van der Waals surface area contributed by atoms with E-state index in [0.717, 1.165) is 58.1 Å². The average Bonchev–Trinajstić information content (AvgIpc) is 3.18. The fraction of sp³-hybridized carbons (Fsp3) is 0.833. The molecule has 1 rings (SSSR count). The molecule has 1 unspecified atom stereocenters. The summed E-state index contributed by atoms with van der Waals surface area (Å²) in [6.45, 7) is 9.77. The van der Waals surface area contributed by atoms with Gasteiger partial charge in [0.05, 0.1) is 13.0 Å². The predicted octanol–water partition coefficient (Wildman–Crippen LogP) is 3.73. The van der Waals surface area contributed by atoms with E-state index in [9.17, 15) is 19.2 Å². The van der Waals surface area contributed by atoms with Gasteiger partial charge in [0.15, 0.2) is 0 Å². The highest BCUT2D eigenvalue weighted by atomic mass is 16.6. The van der Waals surface area contributed by atoms with E-state index in [-0.39, 0.29) is 37.0 Å². The first-order valence-electron chi connectivity index (χ1n) is 11.6. The van der Waals surface area contributed by atoms with Gasteiger partial charge in [-0.2, -0.15) is 0 Å². The molecule has 1 atom stereocenters. The Kier molecular flexibility index (Phi) is 22.7. The van der Waals surface area contributed by atoms with Crippen molar-refractivity contribution in [3.63, 3.8) is 0 Å². The van der Waals surface area contributed by atoms with Crippen LogP contribution in [0.25, 0.3) is 0 Å². The summed E-state index contributed by atoms with van der Waals surface area (Å²) in [5, 5.41) is 0. The molecule has 1 saturated heterocycles. The molecule has 0 aliphatic carbocycles. The maximum absolute atomic E-state index is 11.1. The first-order valence-corrected chi connectivity index (χ1v) is 11.6. The second kappa shape index (κ2) is 22.4. The molecule has 0 radical (unpaired) electrons. The minimum absolute atomic E-state index is 0.00121. The maximum Gasteiger partial charge on any atom is 0.306 e. The zero-order chi connectivity index (χ0) is 24.8. The molecule has 1 aliphatic heterocycles. The standard InChI is InChI=1S/C8H15NO.C8H14O4.C8H16O2/c1-3-7(2)9-6-4-5-8(9)10;1-7(9)3-4-8(10)12-6-5-11-2;1-8(9)6-4-3-5-7-10-2/h7H,3-6H2,1-2H3;3-6H2,1-2H3;3-7H2,1-2H3. The SMILES string of the molecule is CCC(C)N1CCCC1=O.COCCCCCC(C)=O.COCCOC(=O)CCC(C)=O. The third-order valence-corrected chi connectivity index (χ3v) is 4.84. The van der Waals surface area contributed by atoms with E-state index in [0.29, 0.717) is 18.6 Å². The minimum atomic E-state index is -0.345. The molecular weight excluding hydrogens is 414 g/mol. The van der Waals surface area contributed by atoms with E-state index in [2.05, 4.69) is 18.6 Å². The lowest BCUT2D eigenvalue weighted by Crippen LogP contribution is -2.33. The number of hydrogen-bond acceptors (Lipinski definition) is 7. The molecule has 32 heavy (non-hydrogen) atoms. The zero-order valence-electron chi connectivity index (χ0n) is 21.1. The Morgan fingerprint density at radius 3 is 2.00 bits per heavy atom. The number of ketones is 2. The van der Waals surface area contributed by atoms with Gasteiger partial charge in [0.2, 0.25) is 5.91 Å². The topological polar surface area (TPSA) is 99.2 Å². The Labute approximate surface area is 194 Å². The fourth-order valence-corrected chi connectivity index (χ4v) is 2.74. The third kappa shape index (κ3) is 21.4. The molecule has 188 valence electrons. The van der Waals surface area contributed by atoms with Crippen LogP contribution in [0.3, 0.4) is 0 Å². The molecule has 1 fully saturated rings. The smallest absolute Gasteiger partial charge is 0.306 e. The molecule has 0 N–H and O–H groups in total. The Morgan fingerprint density at radius 2 is 1.53 bits per heavy atom. The lowest BCUT2D eigenvalue weighted by molar-refractivity contribution is -0.145. The number of unbranched alkanes of at least 4 members (excludes halogenated alkanes) is 2. The second-order valence-electron chi connectivity index (χ2n) is 7.87. The third-order valence-electron chi connectivity index (χ3n) is 4.84. The molecular formula is C24H45NO7. The van der Waals surface area contributed by atoms with Gasteiger partial charge in [-0.1, -0.05) is 13.3 Å². The highest BCUT2D eigenvalue weighted by Crippen LogP contribution is 2.14. The minimum Gasteiger partial charge on any atom is -0.463 e.